The van der Waals surface area contributed by atoms with Gasteiger partial charge in [-0.3, -0.25) is 0 Å². The Morgan fingerprint density at radius 1 is 1.00 bits per heavy atom. The Labute approximate surface area is 129 Å². The van der Waals surface area contributed by atoms with Crippen LogP contribution >= 0.6 is 11.6 Å². The molecular weight excluding hydrogens is 280 g/mol. The Bertz CT molecular complexity index is 799. The van der Waals surface area contributed by atoms with Crippen molar-refractivity contribution in [1.82, 2.24) is 4.98 Å². The van der Waals surface area contributed by atoms with E-state index in [9.17, 15) is 0 Å². The molecule has 4 rings (SSSR count). The minimum absolute atomic E-state index is 0.867. The van der Waals surface area contributed by atoms with Crippen molar-refractivity contribution in [2.24, 2.45) is 0 Å². The van der Waals surface area contributed by atoms with Crippen LogP contribution < -0.4 is 4.90 Å². The molecule has 0 spiro atoms. The van der Waals surface area contributed by atoms with Gasteiger partial charge < -0.3 is 4.90 Å². The molecule has 3 heteroatoms. The van der Waals surface area contributed by atoms with Crippen LogP contribution in [0.2, 0.25) is 5.02 Å². The van der Waals surface area contributed by atoms with Crippen LogP contribution in [0.1, 0.15) is 11.1 Å². The molecule has 2 aromatic carbocycles. The second kappa shape index (κ2) is 5.05. The zero-order chi connectivity index (χ0) is 14.2. The van der Waals surface area contributed by atoms with Gasteiger partial charge in [0.15, 0.2) is 0 Å². The number of aromatic nitrogens is 1. The third kappa shape index (κ3) is 2.16. The van der Waals surface area contributed by atoms with Crippen LogP contribution in [0, 0.1) is 0 Å². The van der Waals surface area contributed by atoms with Gasteiger partial charge >= 0.3 is 0 Å². The lowest BCUT2D eigenvalue weighted by molar-refractivity contribution is 0.827. The highest BCUT2D eigenvalue weighted by Gasteiger charge is 2.24. The van der Waals surface area contributed by atoms with E-state index < -0.39 is 0 Å². The predicted molar refractivity (Wildman–Crippen MR) is 87.9 cm³/mol. The van der Waals surface area contributed by atoms with Crippen molar-refractivity contribution in [3.8, 4) is 0 Å². The number of pyridine rings is 1. The summed E-state index contributed by atoms with van der Waals surface area (Å²) in [6.45, 7) is 1.86. The lowest BCUT2D eigenvalue weighted by atomic mass is 10.1. The lowest BCUT2D eigenvalue weighted by Gasteiger charge is -2.19. The van der Waals surface area contributed by atoms with Crippen molar-refractivity contribution >= 4 is 28.3 Å². The Hall–Kier alpha value is -2.06. The molecule has 2 nitrogen and oxygen atoms in total. The summed E-state index contributed by atoms with van der Waals surface area (Å²) in [4.78, 5) is 7.16. The maximum atomic E-state index is 6.59. The molecular formula is C18H15ClN2. The van der Waals surface area contributed by atoms with E-state index in [2.05, 4.69) is 29.2 Å². The highest BCUT2D eigenvalue weighted by Crippen LogP contribution is 2.37. The van der Waals surface area contributed by atoms with Crippen LogP contribution in [-0.2, 0) is 13.0 Å². The zero-order valence-electron chi connectivity index (χ0n) is 11.6. The largest absolute Gasteiger partial charge is 0.352 e. The van der Waals surface area contributed by atoms with Gasteiger partial charge in [0, 0.05) is 24.0 Å². The fourth-order valence-corrected chi connectivity index (χ4v) is 3.33. The molecule has 104 valence electrons. The molecule has 1 aliphatic rings. The van der Waals surface area contributed by atoms with E-state index in [1.54, 1.807) is 0 Å². The first-order valence-corrected chi connectivity index (χ1v) is 7.57. The van der Waals surface area contributed by atoms with Gasteiger partial charge in [-0.15, -0.1) is 0 Å². The van der Waals surface area contributed by atoms with Crippen molar-refractivity contribution in [3.05, 3.63) is 70.7 Å². The first-order chi connectivity index (χ1) is 10.3. The zero-order valence-corrected chi connectivity index (χ0v) is 12.3. The third-order valence-electron chi connectivity index (χ3n) is 4.05. The maximum Gasteiger partial charge on any atom is 0.134 e. The molecule has 0 unspecified atom stereocenters. The van der Waals surface area contributed by atoms with E-state index in [0.717, 1.165) is 41.3 Å². The Morgan fingerprint density at radius 2 is 1.76 bits per heavy atom. The van der Waals surface area contributed by atoms with Gasteiger partial charge in [0.1, 0.15) is 5.82 Å². The quantitative estimate of drug-likeness (QED) is 0.694. The number of halogens is 1. The SMILES string of the molecule is Clc1c2c(nc3ccccc13)N(Cc1ccccc1)CC2. The first kappa shape index (κ1) is 12.7. The summed E-state index contributed by atoms with van der Waals surface area (Å²) >= 11 is 6.59. The maximum absolute atomic E-state index is 6.59. The summed E-state index contributed by atoms with van der Waals surface area (Å²) in [5.74, 6) is 1.04. The van der Waals surface area contributed by atoms with Gasteiger partial charge in [-0.25, -0.2) is 4.98 Å². The summed E-state index contributed by atoms with van der Waals surface area (Å²) < 4.78 is 0. The summed E-state index contributed by atoms with van der Waals surface area (Å²) in [6, 6.07) is 18.6. The van der Waals surface area contributed by atoms with Crippen LogP contribution in [0.3, 0.4) is 0 Å². The van der Waals surface area contributed by atoms with Crippen molar-refractivity contribution in [2.45, 2.75) is 13.0 Å². The summed E-state index contributed by atoms with van der Waals surface area (Å²) in [5.41, 5.74) is 3.46. The number of anilines is 1. The van der Waals surface area contributed by atoms with Gasteiger partial charge in [0.2, 0.25) is 0 Å². The first-order valence-electron chi connectivity index (χ1n) is 7.19. The van der Waals surface area contributed by atoms with Crippen LogP contribution in [0.4, 0.5) is 5.82 Å². The normalized spacial score (nSPS) is 13.7. The average molecular weight is 295 g/mol. The highest BCUT2D eigenvalue weighted by molar-refractivity contribution is 6.36. The number of fused-ring (bicyclic) bond motifs is 2. The molecule has 1 aromatic heterocycles. The van der Waals surface area contributed by atoms with E-state index in [0.29, 0.717) is 0 Å². The molecule has 0 saturated carbocycles. The van der Waals surface area contributed by atoms with Gasteiger partial charge in [0.05, 0.1) is 10.5 Å². The van der Waals surface area contributed by atoms with E-state index in [1.165, 1.54) is 11.1 Å². The second-order valence-corrected chi connectivity index (χ2v) is 5.78. The van der Waals surface area contributed by atoms with Crippen molar-refractivity contribution < 1.29 is 0 Å². The van der Waals surface area contributed by atoms with E-state index in [1.807, 2.05) is 30.3 Å². The smallest absolute Gasteiger partial charge is 0.134 e. The van der Waals surface area contributed by atoms with E-state index in [4.69, 9.17) is 16.6 Å². The molecule has 0 bridgehead atoms. The fourth-order valence-electron chi connectivity index (χ4n) is 2.99. The summed E-state index contributed by atoms with van der Waals surface area (Å²) in [7, 11) is 0. The van der Waals surface area contributed by atoms with Crippen molar-refractivity contribution in [3.63, 3.8) is 0 Å². The van der Waals surface area contributed by atoms with Crippen LogP contribution in [-0.4, -0.2) is 11.5 Å². The predicted octanol–water partition coefficient (Wildman–Crippen LogP) is 4.45. The van der Waals surface area contributed by atoms with Gasteiger partial charge in [-0.05, 0) is 18.1 Å². The molecule has 0 radical (unpaired) electrons. The number of rotatable bonds is 2. The number of nitrogens with zero attached hydrogens (tertiary/aromatic N) is 2. The molecule has 0 N–H and O–H groups in total. The van der Waals surface area contributed by atoms with Gasteiger partial charge in [-0.1, -0.05) is 60.1 Å². The fraction of sp³-hybridized carbons (Fsp3) is 0.167. The lowest BCUT2D eigenvalue weighted by Crippen LogP contribution is -2.20. The summed E-state index contributed by atoms with van der Waals surface area (Å²) in [5, 5.41) is 1.92. The topological polar surface area (TPSA) is 16.1 Å². The number of benzene rings is 2. The number of para-hydroxylation sites is 1. The van der Waals surface area contributed by atoms with Crippen LogP contribution in [0.25, 0.3) is 10.9 Å². The minimum Gasteiger partial charge on any atom is -0.352 e. The molecule has 3 aromatic rings. The van der Waals surface area contributed by atoms with Gasteiger partial charge in [0.25, 0.3) is 0 Å². The highest BCUT2D eigenvalue weighted by atomic mass is 35.5. The molecule has 0 aliphatic carbocycles. The van der Waals surface area contributed by atoms with Crippen LogP contribution in [0.5, 0.6) is 0 Å². The molecule has 1 aliphatic heterocycles. The van der Waals surface area contributed by atoms with Crippen molar-refractivity contribution in [1.29, 1.82) is 0 Å². The molecule has 0 fully saturated rings. The van der Waals surface area contributed by atoms with Crippen molar-refractivity contribution in [2.75, 3.05) is 11.4 Å². The van der Waals surface area contributed by atoms with E-state index in [-0.39, 0.29) is 0 Å². The Kier molecular flexibility index (Phi) is 3.04. The van der Waals surface area contributed by atoms with E-state index >= 15 is 0 Å². The second-order valence-electron chi connectivity index (χ2n) is 5.40. The molecule has 2 heterocycles. The third-order valence-corrected chi connectivity index (χ3v) is 4.48. The number of hydrogen-bond donors (Lipinski definition) is 0. The molecule has 0 amide bonds. The Balaban J connectivity index is 1.78. The Morgan fingerprint density at radius 3 is 2.62 bits per heavy atom. The molecule has 0 saturated heterocycles. The minimum atomic E-state index is 0.867. The molecule has 21 heavy (non-hydrogen) atoms. The van der Waals surface area contributed by atoms with Gasteiger partial charge in [-0.2, -0.15) is 0 Å². The average Bonchev–Trinajstić information content (AvgIpc) is 2.92. The standard InChI is InChI=1S/C18H15ClN2/c19-17-14-8-4-5-9-16(14)20-18-15(17)10-11-21(18)12-13-6-2-1-3-7-13/h1-9H,10-12H2. The monoisotopic (exact) mass is 294 g/mol. The number of hydrogen-bond acceptors (Lipinski definition) is 2. The molecule has 0 atom stereocenters. The summed E-state index contributed by atoms with van der Waals surface area (Å²) in [6.07, 6.45) is 0.971. The van der Waals surface area contributed by atoms with Crippen LogP contribution in [0.15, 0.2) is 54.6 Å².